The summed E-state index contributed by atoms with van der Waals surface area (Å²) in [6.45, 7) is 4.17. The van der Waals surface area contributed by atoms with E-state index in [1.54, 1.807) is 18.2 Å². The van der Waals surface area contributed by atoms with Gasteiger partial charge in [-0.2, -0.15) is 0 Å². The molecule has 0 radical (unpaired) electrons. The first-order chi connectivity index (χ1) is 17.3. The maximum absolute atomic E-state index is 13.3. The largest absolute Gasteiger partial charge is 0.511 e. The van der Waals surface area contributed by atoms with Crippen molar-refractivity contribution in [3.05, 3.63) is 40.7 Å². The fourth-order valence-corrected chi connectivity index (χ4v) is 6.70. The molecule has 0 bridgehead atoms. The van der Waals surface area contributed by atoms with Crippen molar-refractivity contribution >= 4 is 35.4 Å². The van der Waals surface area contributed by atoms with Crippen molar-refractivity contribution in [2.45, 2.75) is 71.4 Å². The zero-order valence-electron chi connectivity index (χ0n) is 20.8. The molecule has 1 aromatic carbocycles. The van der Waals surface area contributed by atoms with Crippen LogP contribution < -0.4 is 5.32 Å². The second-order valence-electron chi connectivity index (χ2n) is 10.7. The molecule has 0 aromatic heterocycles. The van der Waals surface area contributed by atoms with Gasteiger partial charge in [0.1, 0.15) is 11.8 Å². The van der Waals surface area contributed by atoms with E-state index in [-0.39, 0.29) is 66.1 Å². The summed E-state index contributed by atoms with van der Waals surface area (Å²) in [5.41, 5.74) is 1.90. The van der Waals surface area contributed by atoms with Gasteiger partial charge >= 0.3 is 0 Å². The Morgan fingerprint density at radius 3 is 2.50 bits per heavy atom. The highest BCUT2D eigenvalue weighted by atomic mass is 16.3. The second kappa shape index (κ2) is 9.64. The fourth-order valence-electron chi connectivity index (χ4n) is 6.70. The molecule has 2 aliphatic heterocycles. The van der Waals surface area contributed by atoms with Crippen LogP contribution in [-0.4, -0.2) is 45.8 Å². The number of ketones is 1. The predicted octanol–water partition coefficient (Wildman–Crippen LogP) is 4.01. The number of carbonyl (C=O) groups excluding carboxylic acids is 4. The molecular weight excluding hydrogens is 458 g/mol. The van der Waals surface area contributed by atoms with Crippen molar-refractivity contribution in [2.24, 2.45) is 28.7 Å². The van der Waals surface area contributed by atoms with Gasteiger partial charge in [0.2, 0.25) is 11.8 Å². The Labute approximate surface area is 210 Å². The molecule has 2 aliphatic carbocycles. The monoisotopic (exact) mass is 491 g/mol. The van der Waals surface area contributed by atoms with Gasteiger partial charge in [-0.15, -0.1) is 0 Å². The zero-order valence-corrected chi connectivity index (χ0v) is 20.8. The lowest BCUT2D eigenvalue weighted by Crippen LogP contribution is -2.52. The number of fused-ring (bicyclic) bond motifs is 1. The SMILES string of the molecule is CC1C(=O)C(C=Nc2cccc3c2CN(C2CCC(=O)NC2=O)C3=O)=C(O)C(C)C1C1CCCCC1. The number of benzene rings is 1. The molecule has 8 heteroatoms. The Bertz CT molecular complexity index is 1180. The molecule has 0 spiro atoms. The Morgan fingerprint density at radius 2 is 1.78 bits per heavy atom. The molecule has 5 rings (SSSR count). The molecule has 4 unspecified atom stereocenters. The molecule has 4 aliphatic rings. The average Bonchev–Trinajstić information content (AvgIpc) is 3.20. The molecule has 190 valence electrons. The normalized spacial score (nSPS) is 29.8. The number of nitrogens with one attached hydrogen (secondary N) is 1. The number of Topliss-reactive ketones (excluding diaryl/α,β-unsaturated/α-hetero) is 1. The van der Waals surface area contributed by atoms with Crippen LogP contribution in [0, 0.1) is 23.7 Å². The summed E-state index contributed by atoms with van der Waals surface area (Å²) in [6.07, 6.45) is 7.74. The topological polar surface area (TPSA) is 116 Å². The van der Waals surface area contributed by atoms with Crippen LogP contribution in [0.3, 0.4) is 0 Å². The summed E-state index contributed by atoms with van der Waals surface area (Å²) in [5.74, 6) is -0.763. The molecular formula is C28H33N3O5. The summed E-state index contributed by atoms with van der Waals surface area (Å²) in [6, 6.07) is 4.48. The molecule has 4 atom stereocenters. The molecule has 3 amide bonds. The minimum Gasteiger partial charge on any atom is -0.511 e. The smallest absolute Gasteiger partial charge is 0.255 e. The second-order valence-corrected chi connectivity index (χ2v) is 10.7. The molecule has 1 saturated carbocycles. The number of rotatable bonds is 4. The number of carbonyl (C=O) groups is 4. The van der Waals surface area contributed by atoms with Crippen molar-refractivity contribution in [1.82, 2.24) is 10.2 Å². The van der Waals surface area contributed by atoms with Crippen molar-refractivity contribution in [3.8, 4) is 0 Å². The predicted molar refractivity (Wildman–Crippen MR) is 134 cm³/mol. The number of hydrogen-bond acceptors (Lipinski definition) is 6. The molecule has 36 heavy (non-hydrogen) atoms. The van der Waals surface area contributed by atoms with Crippen molar-refractivity contribution in [2.75, 3.05) is 0 Å². The molecule has 2 fully saturated rings. The standard InChI is InChI=1S/C28H33N3O5/c1-15-24(17-7-4-3-5-8-17)16(2)26(34)19(25(15)33)13-29-21-10-6-9-18-20(21)14-31(28(18)36)22-11-12-23(32)30-27(22)35/h6,9-10,13,15-17,22,24,33H,3-5,7-8,11-12,14H2,1-2H3,(H,30,32,35). The number of nitrogens with zero attached hydrogens (tertiary/aromatic N) is 2. The van der Waals surface area contributed by atoms with Crippen LogP contribution in [0.5, 0.6) is 0 Å². The number of aliphatic hydroxyl groups excluding tert-OH is 1. The van der Waals surface area contributed by atoms with Gasteiger partial charge in [0.15, 0.2) is 5.78 Å². The van der Waals surface area contributed by atoms with Gasteiger partial charge in [-0.1, -0.05) is 52.0 Å². The average molecular weight is 492 g/mol. The maximum atomic E-state index is 13.3. The van der Waals surface area contributed by atoms with Crippen LogP contribution in [0.4, 0.5) is 5.69 Å². The number of aliphatic hydroxyl groups is 1. The molecule has 2 N–H and O–H groups in total. The minimum absolute atomic E-state index is 0.0845. The number of imide groups is 1. The Hall–Kier alpha value is -3.29. The summed E-state index contributed by atoms with van der Waals surface area (Å²) in [4.78, 5) is 56.3. The lowest BCUT2D eigenvalue weighted by atomic mass is 9.64. The van der Waals surface area contributed by atoms with E-state index in [4.69, 9.17) is 0 Å². The quantitative estimate of drug-likeness (QED) is 0.488. The van der Waals surface area contributed by atoms with Crippen LogP contribution in [0.25, 0.3) is 0 Å². The van der Waals surface area contributed by atoms with Gasteiger partial charge in [-0.3, -0.25) is 29.5 Å². The minimum atomic E-state index is -0.704. The van der Waals surface area contributed by atoms with Gasteiger partial charge in [-0.25, -0.2) is 0 Å². The van der Waals surface area contributed by atoms with Crippen LogP contribution in [0.1, 0.15) is 74.7 Å². The number of hydrogen-bond donors (Lipinski definition) is 2. The first-order valence-electron chi connectivity index (χ1n) is 13.1. The Morgan fingerprint density at radius 1 is 1.03 bits per heavy atom. The van der Waals surface area contributed by atoms with Gasteiger partial charge in [0, 0.05) is 42.1 Å². The third-order valence-corrected chi connectivity index (χ3v) is 8.63. The van der Waals surface area contributed by atoms with Crippen LogP contribution in [0.2, 0.25) is 0 Å². The lowest BCUT2D eigenvalue weighted by Gasteiger charge is -2.40. The van der Waals surface area contributed by atoms with E-state index in [0.717, 1.165) is 12.8 Å². The molecule has 8 nitrogen and oxygen atoms in total. The van der Waals surface area contributed by atoms with Gasteiger partial charge < -0.3 is 10.0 Å². The molecule has 1 saturated heterocycles. The van der Waals surface area contributed by atoms with E-state index in [1.807, 2.05) is 13.8 Å². The van der Waals surface area contributed by atoms with Gasteiger partial charge in [0.25, 0.3) is 5.91 Å². The van der Waals surface area contributed by atoms with Crippen LogP contribution in [0.15, 0.2) is 34.5 Å². The van der Waals surface area contributed by atoms with Crippen molar-refractivity contribution in [3.63, 3.8) is 0 Å². The highest BCUT2D eigenvalue weighted by molar-refractivity contribution is 6.16. The van der Waals surface area contributed by atoms with E-state index in [0.29, 0.717) is 22.7 Å². The maximum Gasteiger partial charge on any atom is 0.255 e. The summed E-state index contributed by atoms with van der Waals surface area (Å²) in [5, 5.41) is 13.3. The first kappa shape index (κ1) is 24.4. The highest BCUT2D eigenvalue weighted by Crippen LogP contribution is 2.44. The van der Waals surface area contributed by atoms with E-state index in [2.05, 4.69) is 10.3 Å². The summed E-state index contributed by atoms with van der Waals surface area (Å²) < 4.78 is 0. The van der Waals surface area contributed by atoms with Gasteiger partial charge in [-0.05, 0) is 30.4 Å². The number of piperidine rings is 1. The van der Waals surface area contributed by atoms with Crippen LogP contribution >= 0.6 is 0 Å². The summed E-state index contributed by atoms with van der Waals surface area (Å²) >= 11 is 0. The third kappa shape index (κ3) is 4.16. The third-order valence-electron chi connectivity index (χ3n) is 8.63. The number of allylic oxidation sites excluding steroid dienone is 2. The van der Waals surface area contributed by atoms with Gasteiger partial charge in [0.05, 0.1) is 11.3 Å². The number of amides is 3. The Kier molecular flexibility index (Phi) is 6.53. The highest BCUT2D eigenvalue weighted by Gasteiger charge is 2.43. The van der Waals surface area contributed by atoms with Crippen molar-refractivity contribution in [1.29, 1.82) is 0 Å². The molecule has 2 heterocycles. The van der Waals surface area contributed by atoms with Crippen molar-refractivity contribution < 1.29 is 24.3 Å². The van der Waals surface area contributed by atoms with E-state index in [9.17, 15) is 24.3 Å². The zero-order chi connectivity index (χ0) is 25.6. The van der Waals surface area contributed by atoms with E-state index in [1.165, 1.54) is 30.4 Å². The van der Waals surface area contributed by atoms with E-state index < -0.39 is 11.9 Å². The Balaban J connectivity index is 1.40. The fraction of sp³-hybridized carbons (Fsp3) is 0.536. The molecule has 1 aromatic rings. The summed E-state index contributed by atoms with van der Waals surface area (Å²) in [7, 11) is 0. The first-order valence-corrected chi connectivity index (χ1v) is 13.1. The lowest BCUT2D eigenvalue weighted by molar-refractivity contribution is -0.137. The number of aliphatic imine (C=N–C) groups is 1. The van der Waals surface area contributed by atoms with Crippen LogP contribution in [-0.2, 0) is 20.9 Å². The van der Waals surface area contributed by atoms with E-state index >= 15 is 0 Å².